The van der Waals surface area contributed by atoms with E-state index in [9.17, 15) is 9.59 Å². The van der Waals surface area contributed by atoms with Crippen LogP contribution in [0.1, 0.15) is 31.1 Å². The molecule has 0 bridgehead atoms. The lowest BCUT2D eigenvalue weighted by Gasteiger charge is -2.35. The molecule has 1 saturated heterocycles. The van der Waals surface area contributed by atoms with E-state index < -0.39 is 5.60 Å². The van der Waals surface area contributed by atoms with Gasteiger partial charge in [-0.1, -0.05) is 17.7 Å². The van der Waals surface area contributed by atoms with Crippen LogP contribution in [0.2, 0.25) is 5.02 Å². The quantitative estimate of drug-likeness (QED) is 0.764. The average Bonchev–Trinajstić information content (AvgIpc) is 2.60. The lowest BCUT2D eigenvalue weighted by Crippen LogP contribution is -2.51. The first-order valence-corrected chi connectivity index (χ1v) is 8.94. The Kier molecular flexibility index (Phi) is 5.05. The first-order valence-electron chi connectivity index (χ1n) is 8.56. The normalized spacial score (nSPS) is 15.2. The Morgan fingerprint density at radius 1 is 1.08 bits per heavy atom. The molecule has 6 nitrogen and oxygen atoms in total. The number of nitrogens with zero attached hydrogens (tertiary/aromatic N) is 3. The van der Waals surface area contributed by atoms with Gasteiger partial charge in [-0.15, -0.1) is 0 Å². The van der Waals surface area contributed by atoms with E-state index in [1.165, 1.54) is 0 Å². The van der Waals surface area contributed by atoms with Gasteiger partial charge < -0.3 is 14.5 Å². The highest BCUT2D eigenvalue weighted by Crippen LogP contribution is 2.23. The molecule has 1 fully saturated rings. The van der Waals surface area contributed by atoms with E-state index in [0.29, 0.717) is 42.3 Å². The molecule has 138 valence electrons. The molecule has 2 amide bonds. The Labute approximate surface area is 157 Å². The van der Waals surface area contributed by atoms with Gasteiger partial charge in [0.1, 0.15) is 5.60 Å². The number of amides is 2. The van der Waals surface area contributed by atoms with Crippen LogP contribution < -0.4 is 0 Å². The lowest BCUT2D eigenvalue weighted by atomic mass is 10.1. The fourth-order valence-corrected chi connectivity index (χ4v) is 3.06. The third kappa shape index (κ3) is 4.07. The number of carbonyl (C=O) groups is 2. The third-order valence-electron chi connectivity index (χ3n) is 4.16. The third-order valence-corrected chi connectivity index (χ3v) is 4.48. The number of carbonyl (C=O) groups excluding carboxylic acids is 2. The predicted octanol–water partition coefficient (Wildman–Crippen LogP) is 3.58. The maximum Gasteiger partial charge on any atom is 0.410 e. The van der Waals surface area contributed by atoms with Crippen molar-refractivity contribution in [2.45, 2.75) is 26.4 Å². The molecular formula is C19H22ClN3O3. The van der Waals surface area contributed by atoms with Crippen molar-refractivity contribution in [2.24, 2.45) is 0 Å². The highest BCUT2D eigenvalue weighted by atomic mass is 35.5. The van der Waals surface area contributed by atoms with E-state index in [4.69, 9.17) is 16.3 Å². The molecule has 1 aromatic carbocycles. The highest BCUT2D eigenvalue weighted by molar-refractivity contribution is 6.35. The van der Waals surface area contributed by atoms with Crippen molar-refractivity contribution >= 4 is 34.5 Å². The molecule has 0 N–H and O–H groups in total. The summed E-state index contributed by atoms with van der Waals surface area (Å²) < 4.78 is 5.38. The van der Waals surface area contributed by atoms with Gasteiger partial charge in [0.05, 0.1) is 10.5 Å². The van der Waals surface area contributed by atoms with Crippen LogP contribution in [-0.2, 0) is 4.74 Å². The van der Waals surface area contributed by atoms with Gasteiger partial charge in [0, 0.05) is 43.3 Å². The van der Waals surface area contributed by atoms with Crippen molar-refractivity contribution in [3.05, 3.63) is 41.0 Å². The summed E-state index contributed by atoms with van der Waals surface area (Å²) in [5, 5.41) is 1.43. The number of hydrogen-bond acceptors (Lipinski definition) is 4. The Balaban J connectivity index is 1.66. The Morgan fingerprint density at radius 2 is 1.73 bits per heavy atom. The van der Waals surface area contributed by atoms with E-state index >= 15 is 0 Å². The van der Waals surface area contributed by atoms with Crippen LogP contribution in [0.3, 0.4) is 0 Å². The number of rotatable bonds is 1. The van der Waals surface area contributed by atoms with Gasteiger partial charge in [0.25, 0.3) is 5.91 Å². The molecule has 3 rings (SSSR count). The maximum absolute atomic E-state index is 12.8. The number of pyridine rings is 1. The van der Waals surface area contributed by atoms with Gasteiger partial charge >= 0.3 is 6.09 Å². The smallest absolute Gasteiger partial charge is 0.410 e. The molecule has 1 aliphatic heterocycles. The van der Waals surface area contributed by atoms with Crippen molar-refractivity contribution in [3.63, 3.8) is 0 Å². The Hall–Kier alpha value is -2.34. The van der Waals surface area contributed by atoms with Gasteiger partial charge in [-0.05, 0) is 39.0 Å². The zero-order valence-electron chi connectivity index (χ0n) is 15.2. The number of ether oxygens (including phenoxy) is 1. The van der Waals surface area contributed by atoms with E-state index in [1.807, 2.05) is 26.8 Å². The molecule has 2 aromatic rings. The number of hydrogen-bond donors (Lipinski definition) is 0. The van der Waals surface area contributed by atoms with Crippen LogP contribution >= 0.6 is 11.6 Å². The van der Waals surface area contributed by atoms with Crippen LogP contribution in [0.5, 0.6) is 0 Å². The molecule has 0 radical (unpaired) electrons. The number of benzene rings is 1. The molecule has 0 atom stereocenters. The summed E-state index contributed by atoms with van der Waals surface area (Å²) in [7, 11) is 0. The van der Waals surface area contributed by atoms with Crippen molar-refractivity contribution in [1.82, 2.24) is 14.8 Å². The summed E-state index contributed by atoms with van der Waals surface area (Å²) in [6.07, 6.45) is 1.28. The highest BCUT2D eigenvalue weighted by Gasteiger charge is 2.28. The van der Waals surface area contributed by atoms with Crippen molar-refractivity contribution in [1.29, 1.82) is 0 Å². The zero-order chi connectivity index (χ0) is 18.9. The number of fused-ring (bicyclic) bond motifs is 1. The van der Waals surface area contributed by atoms with Gasteiger partial charge in [-0.2, -0.15) is 0 Å². The fraction of sp³-hybridized carbons (Fsp3) is 0.421. The van der Waals surface area contributed by atoms with E-state index in [1.54, 1.807) is 34.2 Å². The summed E-state index contributed by atoms with van der Waals surface area (Å²) >= 11 is 6.14. The standard InChI is InChI=1S/C19H22ClN3O3/c1-19(2,3)26-18(25)23-10-8-22(9-11-23)17(24)13-4-5-14-15(20)6-7-21-16(14)12-13/h4-7,12H,8-11H2,1-3H3. The number of aromatic nitrogens is 1. The first-order chi connectivity index (χ1) is 12.2. The van der Waals surface area contributed by atoms with E-state index in [-0.39, 0.29) is 12.0 Å². The minimum atomic E-state index is -0.524. The van der Waals surface area contributed by atoms with Crippen LogP contribution in [0, 0.1) is 0 Å². The van der Waals surface area contributed by atoms with Crippen LogP contribution in [0.4, 0.5) is 4.79 Å². The van der Waals surface area contributed by atoms with Gasteiger partial charge in [0.15, 0.2) is 0 Å². The van der Waals surface area contributed by atoms with E-state index in [0.717, 1.165) is 5.39 Å². The predicted molar refractivity (Wildman–Crippen MR) is 100 cm³/mol. The lowest BCUT2D eigenvalue weighted by molar-refractivity contribution is 0.0141. The van der Waals surface area contributed by atoms with Crippen LogP contribution in [0.25, 0.3) is 10.9 Å². The second-order valence-electron chi connectivity index (χ2n) is 7.28. The summed E-state index contributed by atoms with van der Waals surface area (Å²) in [5.41, 5.74) is 0.734. The second kappa shape index (κ2) is 7.11. The second-order valence-corrected chi connectivity index (χ2v) is 7.69. The Morgan fingerprint density at radius 3 is 2.38 bits per heavy atom. The van der Waals surface area contributed by atoms with Crippen molar-refractivity contribution in [2.75, 3.05) is 26.2 Å². The van der Waals surface area contributed by atoms with E-state index in [2.05, 4.69) is 4.98 Å². The molecule has 1 aliphatic rings. The molecule has 0 unspecified atom stereocenters. The SMILES string of the molecule is CC(C)(C)OC(=O)N1CCN(C(=O)c2ccc3c(Cl)ccnc3c2)CC1. The van der Waals surface area contributed by atoms with Crippen LogP contribution in [0.15, 0.2) is 30.5 Å². The Bertz CT molecular complexity index is 840. The summed E-state index contributed by atoms with van der Waals surface area (Å²) in [4.78, 5) is 32.5. The molecule has 1 aromatic heterocycles. The molecule has 0 aliphatic carbocycles. The molecule has 0 saturated carbocycles. The molecular weight excluding hydrogens is 354 g/mol. The number of piperazine rings is 1. The minimum absolute atomic E-state index is 0.0717. The monoisotopic (exact) mass is 375 g/mol. The summed E-state index contributed by atoms with van der Waals surface area (Å²) in [5.74, 6) is -0.0717. The molecule has 7 heteroatoms. The minimum Gasteiger partial charge on any atom is -0.444 e. The largest absolute Gasteiger partial charge is 0.444 e. The zero-order valence-corrected chi connectivity index (χ0v) is 15.9. The molecule has 0 spiro atoms. The summed E-state index contributed by atoms with van der Waals surface area (Å²) in [6.45, 7) is 7.37. The average molecular weight is 376 g/mol. The molecule has 2 heterocycles. The van der Waals surface area contributed by atoms with Gasteiger partial charge in [-0.3, -0.25) is 9.78 Å². The first kappa shape index (κ1) is 18.5. The fourth-order valence-electron chi connectivity index (χ4n) is 2.85. The van der Waals surface area contributed by atoms with Crippen LogP contribution in [-0.4, -0.2) is 58.6 Å². The van der Waals surface area contributed by atoms with Crippen molar-refractivity contribution < 1.29 is 14.3 Å². The topological polar surface area (TPSA) is 62.7 Å². The van der Waals surface area contributed by atoms with Crippen molar-refractivity contribution in [3.8, 4) is 0 Å². The molecule has 26 heavy (non-hydrogen) atoms. The number of halogens is 1. The van der Waals surface area contributed by atoms with Gasteiger partial charge in [-0.25, -0.2) is 4.79 Å². The summed E-state index contributed by atoms with van der Waals surface area (Å²) in [6, 6.07) is 7.05. The van der Waals surface area contributed by atoms with Gasteiger partial charge in [0.2, 0.25) is 0 Å². The maximum atomic E-state index is 12.8.